The molecule has 0 heterocycles. The highest BCUT2D eigenvalue weighted by Crippen LogP contribution is 2.30. The molecule has 24 heavy (non-hydrogen) atoms. The molecule has 10 heteroatoms. The molecule has 1 aliphatic carbocycles. The number of non-ortho nitro benzene ring substituents is 1. The maximum atomic E-state index is 11.2. The SMILES string of the molecule is O=C(O)C1CCCCC1/C=N/Nc1ccc([N+](=O)[O-])cc1[N+](=O)[O-]. The monoisotopic (exact) mass is 336 g/mol. The lowest BCUT2D eigenvalue weighted by Gasteiger charge is -2.25. The molecule has 2 atom stereocenters. The Labute approximate surface area is 136 Å². The number of hydrogen-bond acceptors (Lipinski definition) is 7. The van der Waals surface area contributed by atoms with Gasteiger partial charge in [0.25, 0.3) is 5.69 Å². The quantitative estimate of drug-likeness (QED) is 0.461. The van der Waals surface area contributed by atoms with E-state index in [1.54, 1.807) is 0 Å². The van der Waals surface area contributed by atoms with E-state index < -0.39 is 33.1 Å². The van der Waals surface area contributed by atoms with Crippen molar-refractivity contribution in [2.75, 3.05) is 5.43 Å². The first kappa shape index (κ1) is 17.3. The molecule has 1 saturated carbocycles. The summed E-state index contributed by atoms with van der Waals surface area (Å²) >= 11 is 0. The van der Waals surface area contributed by atoms with Crippen LogP contribution in [0.25, 0.3) is 0 Å². The zero-order chi connectivity index (χ0) is 17.7. The molecule has 0 spiro atoms. The molecule has 1 fully saturated rings. The van der Waals surface area contributed by atoms with Crippen molar-refractivity contribution in [1.29, 1.82) is 0 Å². The van der Waals surface area contributed by atoms with Crippen LogP contribution in [0.3, 0.4) is 0 Å². The molecule has 0 bridgehead atoms. The highest BCUT2D eigenvalue weighted by Gasteiger charge is 2.29. The number of benzene rings is 1. The maximum absolute atomic E-state index is 11.2. The molecule has 0 aromatic heterocycles. The number of nitro benzene ring substituents is 2. The number of nitrogens with zero attached hydrogens (tertiary/aromatic N) is 3. The van der Waals surface area contributed by atoms with Gasteiger partial charge in [-0.05, 0) is 18.9 Å². The number of nitrogens with one attached hydrogen (secondary N) is 1. The highest BCUT2D eigenvalue weighted by atomic mass is 16.6. The van der Waals surface area contributed by atoms with Gasteiger partial charge in [0.15, 0.2) is 0 Å². The lowest BCUT2D eigenvalue weighted by molar-refractivity contribution is -0.393. The van der Waals surface area contributed by atoms with E-state index in [1.165, 1.54) is 12.3 Å². The average molecular weight is 336 g/mol. The van der Waals surface area contributed by atoms with Crippen molar-refractivity contribution >= 4 is 29.2 Å². The predicted molar refractivity (Wildman–Crippen MR) is 84.9 cm³/mol. The number of carbonyl (C=O) groups is 1. The van der Waals surface area contributed by atoms with Crippen molar-refractivity contribution in [2.45, 2.75) is 25.7 Å². The molecule has 0 aliphatic heterocycles. The molecule has 2 rings (SSSR count). The molecule has 1 aliphatic rings. The van der Waals surface area contributed by atoms with E-state index in [1.807, 2.05) is 0 Å². The Morgan fingerprint density at radius 1 is 1.25 bits per heavy atom. The number of carboxylic acids is 1. The number of hydrazone groups is 1. The smallest absolute Gasteiger partial charge is 0.307 e. The molecule has 10 nitrogen and oxygen atoms in total. The Morgan fingerprint density at radius 2 is 1.96 bits per heavy atom. The van der Waals surface area contributed by atoms with Gasteiger partial charge in [-0.25, -0.2) is 0 Å². The zero-order valence-corrected chi connectivity index (χ0v) is 12.6. The van der Waals surface area contributed by atoms with Gasteiger partial charge in [-0.15, -0.1) is 0 Å². The first-order chi connectivity index (χ1) is 11.4. The predicted octanol–water partition coefficient (Wildman–Crippen LogP) is 2.79. The topological polar surface area (TPSA) is 148 Å². The van der Waals surface area contributed by atoms with Gasteiger partial charge < -0.3 is 5.11 Å². The van der Waals surface area contributed by atoms with Crippen molar-refractivity contribution in [3.8, 4) is 0 Å². The van der Waals surface area contributed by atoms with E-state index in [9.17, 15) is 30.1 Å². The van der Waals surface area contributed by atoms with E-state index in [0.717, 1.165) is 25.0 Å². The summed E-state index contributed by atoms with van der Waals surface area (Å²) in [6.07, 6.45) is 4.46. The van der Waals surface area contributed by atoms with E-state index in [0.29, 0.717) is 12.8 Å². The minimum atomic E-state index is -0.882. The van der Waals surface area contributed by atoms with Gasteiger partial charge in [0, 0.05) is 18.2 Å². The van der Waals surface area contributed by atoms with Crippen molar-refractivity contribution < 1.29 is 19.7 Å². The van der Waals surface area contributed by atoms with Crippen LogP contribution >= 0.6 is 0 Å². The Kier molecular flexibility index (Phi) is 5.40. The summed E-state index contributed by atoms with van der Waals surface area (Å²) in [5, 5.41) is 34.8. The lowest BCUT2D eigenvalue weighted by Crippen LogP contribution is -2.28. The number of nitro groups is 2. The molecule has 2 N–H and O–H groups in total. The fourth-order valence-electron chi connectivity index (χ4n) is 2.73. The number of aliphatic carboxylic acids is 1. The first-order valence-electron chi connectivity index (χ1n) is 7.35. The van der Waals surface area contributed by atoms with Crippen LogP contribution < -0.4 is 5.43 Å². The molecule has 1 aromatic rings. The van der Waals surface area contributed by atoms with Gasteiger partial charge in [-0.2, -0.15) is 5.10 Å². The Balaban J connectivity index is 2.14. The third kappa shape index (κ3) is 4.03. The molecule has 2 unspecified atom stereocenters. The van der Waals surface area contributed by atoms with Crippen LogP contribution in [-0.2, 0) is 4.79 Å². The minimum absolute atomic E-state index is 0.00420. The van der Waals surface area contributed by atoms with Crippen LogP contribution in [0, 0.1) is 32.1 Å². The van der Waals surface area contributed by atoms with Crippen LogP contribution in [0.2, 0.25) is 0 Å². The van der Waals surface area contributed by atoms with Crippen molar-refractivity contribution in [1.82, 2.24) is 0 Å². The van der Waals surface area contributed by atoms with E-state index in [-0.39, 0.29) is 11.6 Å². The fourth-order valence-corrected chi connectivity index (χ4v) is 2.73. The summed E-state index contributed by atoms with van der Waals surface area (Å²) in [7, 11) is 0. The minimum Gasteiger partial charge on any atom is -0.481 e. The molecule has 128 valence electrons. The van der Waals surface area contributed by atoms with Crippen LogP contribution in [0.1, 0.15) is 25.7 Å². The second-order valence-electron chi connectivity index (χ2n) is 5.50. The van der Waals surface area contributed by atoms with Crippen molar-refractivity contribution in [3.05, 3.63) is 38.4 Å². The summed E-state index contributed by atoms with van der Waals surface area (Å²) in [5.41, 5.74) is 1.62. The fraction of sp³-hybridized carbons (Fsp3) is 0.429. The molecule has 0 saturated heterocycles. The van der Waals surface area contributed by atoms with Gasteiger partial charge in [0.05, 0.1) is 21.8 Å². The third-order valence-corrected chi connectivity index (χ3v) is 3.98. The van der Waals surface area contributed by atoms with E-state index in [4.69, 9.17) is 0 Å². The normalized spacial score (nSPS) is 20.7. The molecule has 1 aromatic carbocycles. The summed E-state index contributed by atoms with van der Waals surface area (Å²) < 4.78 is 0. The second-order valence-corrected chi connectivity index (χ2v) is 5.50. The van der Waals surface area contributed by atoms with Crippen LogP contribution in [0.15, 0.2) is 23.3 Å². The lowest BCUT2D eigenvalue weighted by atomic mass is 9.80. The number of carboxylic acid groups (broad SMARTS) is 1. The zero-order valence-electron chi connectivity index (χ0n) is 12.6. The summed E-state index contributed by atoms with van der Waals surface area (Å²) in [5.74, 6) is -1.65. The molecule has 0 radical (unpaired) electrons. The van der Waals surface area contributed by atoms with Crippen molar-refractivity contribution in [3.63, 3.8) is 0 Å². The molecular weight excluding hydrogens is 320 g/mol. The van der Waals surface area contributed by atoms with Crippen molar-refractivity contribution in [2.24, 2.45) is 16.9 Å². The van der Waals surface area contributed by atoms with Crippen LogP contribution in [-0.4, -0.2) is 27.1 Å². The third-order valence-electron chi connectivity index (χ3n) is 3.98. The molecule has 0 amide bonds. The number of hydrogen-bond donors (Lipinski definition) is 2. The Morgan fingerprint density at radius 3 is 2.58 bits per heavy atom. The van der Waals surface area contributed by atoms with Gasteiger partial charge in [0.1, 0.15) is 5.69 Å². The maximum Gasteiger partial charge on any atom is 0.307 e. The largest absolute Gasteiger partial charge is 0.481 e. The van der Waals surface area contributed by atoms with E-state index >= 15 is 0 Å². The Bertz CT molecular complexity index is 690. The van der Waals surface area contributed by atoms with Crippen LogP contribution in [0.4, 0.5) is 17.1 Å². The standard InChI is InChI=1S/C14H16N4O6/c19-14(20)11-4-2-1-3-9(11)8-15-16-12-6-5-10(17(21)22)7-13(12)18(23)24/h5-9,11,16H,1-4H2,(H,19,20)/b15-8+. The highest BCUT2D eigenvalue weighted by molar-refractivity contribution is 5.77. The van der Waals surface area contributed by atoms with Gasteiger partial charge in [-0.1, -0.05) is 12.8 Å². The first-order valence-corrected chi connectivity index (χ1v) is 7.35. The van der Waals surface area contributed by atoms with Crippen LogP contribution in [0.5, 0.6) is 0 Å². The molecular formula is C14H16N4O6. The summed E-state index contributed by atoms with van der Waals surface area (Å²) in [6.45, 7) is 0. The Hall–Kier alpha value is -3.04. The van der Waals surface area contributed by atoms with Gasteiger partial charge in [-0.3, -0.25) is 30.4 Å². The second kappa shape index (κ2) is 7.49. The van der Waals surface area contributed by atoms with Gasteiger partial charge in [0.2, 0.25) is 0 Å². The number of anilines is 1. The average Bonchev–Trinajstić information content (AvgIpc) is 2.55. The van der Waals surface area contributed by atoms with E-state index in [2.05, 4.69) is 10.5 Å². The number of rotatable bonds is 6. The summed E-state index contributed by atoms with van der Waals surface area (Å²) in [4.78, 5) is 31.4. The van der Waals surface area contributed by atoms with Gasteiger partial charge >= 0.3 is 11.7 Å². The summed E-state index contributed by atoms with van der Waals surface area (Å²) in [6, 6.07) is 3.17.